The lowest BCUT2D eigenvalue weighted by atomic mass is 10.1. The SMILES string of the molecule is C#Cc1ccc(C#Cc2cc(OCCCCCCCCCCCC)c(C#Cc3ccc(C#C)cc3)cc2OCCCCCCCCCCCC)cc1. The number of ether oxygens (including phenoxy) is 2. The van der Waals surface area contributed by atoms with Crippen LogP contribution in [0.15, 0.2) is 60.7 Å². The summed E-state index contributed by atoms with van der Waals surface area (Å²) in [6, 6.07) is 19.5. The first-order valence-electron chi connectivity index (χ1n) is 20.3. The third-order valence-electron chi connectivity index (χ3n) is 9.38. The Labute approximate surface area is 317 Å². The van der Waals surface area contributed by atoms with Gasteiger partial charge in [0, 0.05) is 34.4 Å². The Morgan fingerprint density at radius 1 is 0.385 bits per heavy atom. The highest BCUT2D eigenvalue weighted by molar-refractivity contribution is 5.61. The standard InChI is InChI=1S/C50H62O2/c1-5-9-11-13-15-17-19-21-23-25-39-51-49-41-48(38-36-46-33-29-44(8-4)30-34-46)50(52-40-26-24-22-20-18-16-14-12-10-6-2)42-47(49)37-35-45-31-27-43(7-3)28-32-45/h3-4,27-34,41-42H,5-6,9-26,39-40H2,1-2H3. The molecule has 2 nitrogen and oxygen atoms in total. The van der Waals surface area contributed by atoms with Gasteiger partial charge in [-0.15, -0.1) is 12.8 Å². The zero-order chi connectivity index (χ0) is 36.9. The number of benzene rings is 3. The van der Waals surface area contributed by atoms with Crippen molar-refractivity contribution in [1.29, 1.82) is 0 Å². The average Bonchev–Trinajstić information content (AvgIpc) is 3.18. The van der Waals surface area contributed by atoms with E-state index in [9.17, 15) is 0 Å². The Kier molecular flexibility index (Phi) is 21.9. The molecule has 0 unspecified atom stereocenters. The zero-order valence-corrected chi connectivity index (χ0v) is 32.3. The Morgan fingerprint density at radius 2 is 0.673 bits per heavy atom. The summed E-state index contributed by atoms with van der Waals surface area (Å²) in [5.74, 6) is 20.2. The minimum absolute atomic E-state index is 0.640. The maximum atomic E-state index is 6.45. The van der Waals surface area contributed by atoms with Gasteiger partial charge in [-0.05, 0) is 61.4 Å². The lowest BCUT2D eigenvalue weighted by Gasteiger charge is -2.14. The molecule has 0 aliphatic rings. The summed E-state index contributed by atoms with van der Waals surface area (Å²) in [5.41, 5.74) is 5.07. The van der Waals surface area contributed by atoms with E-state index in [1.807, 2.05) is 60.7 Å². The van der Waals surface area contributed by atoms with Crippen LogP contribution < -0.4 is 9.47 Å². The Morgan fingerprint density at radius 3 is 0.981 bits per heavy atom. The average molecular weight is 695 g/mol. The Balaban J connectivity index is 1.73. The largest absolute Gasteiger partial charge is 0.492 e. The van der Waals surface area contributed by atoms with Crippen molar-refractivity contribution in [3.8, 4) is 59.9 Å². The van der Waals surface area contributed by atoms with Gasteiger partial charge in [-0.25, -0.2) is 0 Å². The van der Waals surface area contributed by atoms with Crippen molar-refractivity contribution < 1.29 is 9.47 Å². The molecule has 3 aromatic carbocycles. The van der Waals surface area contributed by atoms with Crippen molar-refractivity contribution in [2.24, 2.45) is 0 Å². The maximum Gasteiger partial charge on any atom is 0.136 e. The molecule has 0 atom stereocenters. The van der Waals surface area contributed by atoms with Crippen LogP contribution in [0.3, 0.4) is 0 Å². The fourth-order valence-corrected chi connectivity index (χ4v) is 6.12. The second-order valence-electron chi connectivity index (χ2n) is 13.8. The molecule has 0 radical (unpaired) electrons. The number of unbranched alkanes of at least 4 members (excludes halogenated alkanes) is 18. The molecule has 0 aromatic heterocycles. The van der Waals surface area contributed by atoms with E-state index < -0.39 is 0 Å². The van der Waals surface area contributed by atoms with Crippen molar-refractivity contribution in [3.05, 3.63) is 94.0 Å². The summed E-state index contributed by atoms with van der Waals surface area (Å²) in [6.07, 6.45) is 36.8. The molecule has 0 fully saturated rings. The first kappa shape index (κ1) is 41.9. The topological polar surface area (TPSA) is 18.5 Å². The first-order chi connectivity index (χ1) is 25.7. The molecule has 0 aliphatic carbocycles. The lowest BCUT2D eigenvalue weighted by Crippen LogP contribution is -2.03. The van der Waals surface area contributed by atoms with Crippen LogP contribution in [0.5, 0.6) is 11.5 Å². The Hall–Kier alpha value is -4.50. The van der Waals surface area contributed by atoms with Crippen LogP contribution in [-0.2, 0) is 0 Å². The van der Waals surface area contributed by atoms with Crippen LogP contribution in [0.25, 0.3) is 0 Å². The summed E-state index contributed by atoms with van der Waals surface area (Å²) in [6.45, 7) is 5.82. The van der Waals surface area contributed by atoms with Crippen molar-refractivity contribution >= 4 is 0 Å². The van der Waals surface area contributed by atoms with Gasteiger partial charge in [0.25, 0.3) is 0 Å². The Bertz CT molecular complexity index is 1500. The smallest absolute Gasteiger partial charge is 0.136 e. The third-order valence-corrected chi connectivity index (χ3v) is 9.38. The van der Waals surface area contributed by atoms with Gasteiger partial charge in [0.05, 0.1) is 24.3 Å². The van der Waals surface area contributed by atoms with Crippen LogP contribution in [-0.4, -0.2) is 13.2 Å². The molecule has 0 saturated heterocycles. The molecule has 3 aromatic rings. The van der Waals surface area contributed by atoms with E-state index in [0.29, 0.717) is 13.2 Å². The van der Waals surface area contributed by atoms with Gasteiger partial charge in [-0.3, -0.25) is 0 Å². The van der Waals surface area contributed by atoms with Gasteiger partial charge in [-0.2, -0.15) is 0 Å². The van der Waals surface area contributed by atoms with Crippen LogP contribution in [0, 0.1) is 48.4 Å². The molecular weight excluding hydrogens is 633 g/mol. The van der Waals surface area contributed by atoms with Gasteiger partial charge in [-0.1, -0.05) is 165 Å². The third kappa shape index (κ3) is 17.6. The summed E-state index contributed by atoms with van der Waals surface area (Å²) in [7, 11) is 0. The van der Waals surface area contributed by atoms with E-state index in [-0.39, 0.29) is 0 Å². The number of rotatable bonds is 24. The first-order valence-corrected chi connectivity index (χ1v) is 20.3. The van der Waals surface area contributed by atoms with Crippen molar-refractivity contribution in [3.63, 3.8) is 0 Å². The lowest BCUT2D eigenvalue weighted by molar-refractivity contribution is 0.295. The van der Waals surface area contributed by atoms with Crippen LogP contribution in [0.2, 0.25) is 0 Å². The predicted octanol–water partition coefficient (Wildman–Crippen LogP) is 13.0. The second kappa shape index (κ2) is 27.2. The molecule has 3 rings (SSSR count). The molecule has 0 amide bonds. The van der Waals surface area contributed by atoms with E-state index in [0.717, 1.165) is 70.6 Å². The summed E-state index contributed by atoms with van der Waals surface area (Å²) >= 11 is 0. The highest BCUT2D eigenvalue weighted by atomic mass is 16.5. The number of hydrogen-bond acceptors (Lipinski definition) is 2. The molecule has 0 aliphatic heterocycles. The number of terminal acetylenes is 2. The van der Waals surface area contributed by atoms with E-state index in [1.54, 1.807) is 0 Å². The molecule has 0 spiro atoms. The van der Waals surface area contributed by atoms with Gasteiger partial charge in [0.2, 0.25) is 0 Å². The monoisotopic (exact) mass is 694 g/mol. The van der Waals surface area contributed by atoms with Gasteiger partial charge >= 0.3 is 0 Å². The normalized spacial score (nSPS) is 10.3. The summed E-state index contributed by atoms with van der Waals surface area (Å²) in [5, 5.41) is 0. The minimum atomic E-state index is 0.640. The van der Waals surface area contributed by atoms with Crippen molar-refractivity contribution in [2.45, 2.75) is 142 Å². The van der Waals surface area contributed by atoms with E-state index in [1.165, 1.54) is 103 Å². The highest BCUT2D eigenvalue weighted by Crippen LogP contribution is 2.29. The quantitative estimate of drug-likeness (QED) is 0.0686. The predicted molar refractivity (Wildman–Crippen MR) is 222 cm³/mol. The molecule has 0 heterocycles. The van der Waals surface area contributed by atoms with E-state index in [4.69, 9.17) is 22.3 Å². The molecule has 0 bridgehead atoms. The number of hydrogen-bond donors (Lipinski definition) is 0. The highest BCUT2D eigenvalue weighted by Gasteiger charge is 2.11. The minimum Gasteiger partial charge on any atom is -0.492 e. The van der Waals surface area contributed by atoms with E-state index >= 15 is 0 Å². The molecule has 2 heteroatoms. The van der Waals surface area contributed by atoms with Gasteiger partial charge in [0.1, 0.15) is 11.5 Å². The molecule has 0 saturated carbocycles. The molecule has 274 valence electrons. The van der Waals surface area contributed by atoms with Crippen molar-refractivity contribution in [1.82, 2.24) is 0 Å². The van der Waals surface area contributed by atoms with Crippen LogP contribution in [0.1, 0.15) is 176 Å². The zero-order valence-electron chi connectivity index (χ0n) is 32.3. The fourth-order valence-electron chi connectivity index (χ4n) is 6.12. The molecule has 52 heavy (non-hydrogen) atoms. The van der Waals surface area contributed by atoms with E-state index in [2.05, 4.69) is 49.4 Å². The summed E-state index contributed by atoms with van der Waals surface area (Å²) in [4.78, 5) is 0. The maximum absolute atomic E-state index is 6.45. The summed E-state index contributed by atoms with van der Waals surface area (Å²) < 4.78 is 12.9. The fraction of sp³-hybridized carbons (Fsp3) is 0.480. The molecule has 0 N–H and O–H groups in total. The van der Waals surface area contributed by atoms with Gasteiger partial charge < -0.3 is 9.47 Å². The van der Waals surface area contributed by atoms with Crippen LogP contribution in [0.4, 0.5) is 0 Å². The van der Waals surface area contributed by atoms with Crippen LogP contribution >= 0.6 is 0 Å². The van der Waals surface area contributed by atoms with Crippen molar-refractivity contribution in [2.75, 3.05) is 13.2 Å². The molecular formula is C50H62O2. The van der Waals surface area contributed by atoms with Gasteiger partial charge in [0.15, 0.2) is 0 Å². The second-order valence-corrected chi connectivity index (χ2v) is 13.8.